The number of halogens is 1. The van der Waals surface area contributed by atoms with Crippen LogP contribution < -0.4 is 0 Å². The summed E-state index contributed by atoms with van der Waals surface area (Å²) >= 11 is 5.75. The van der Waals surface area contributed by atoms with Crippen LogP contribution >= 0.6 is 11.6 Å². The number of hydrogen-bond acceptors (Lipinski definition) is 5. The molecule has 1 N–H and O–H groups in total. The second-order valence-electron chi connectivity index (χ2n) is 4.59. The maximum atomic E-state index is 11.9. The summed E-state index contributed by atoms with van der Waals surface area (Å²) in [5.74, 6) is 0.0603. The zero-order valence-electron chi connectivity index (χ0n) is 11.6. The summed E-state index contributed by atoms with van der Waals surface area (Å²) in [5, 5.41) is 8.30. The van der Waals surface area contributed by atoms with Crippen molar-refractivity contribution < 1.29 is 13.9 Å². The van der Waals surface area contributed by atoms with Gasteiger partial charge in [-0.3, -0.25) is 0 Å². The molecule has 112 valence electrons. The third kappa shape index (κ3) is 3.01. The van der Waals surface area contributed by atoms with E-state index in [-0.39, 0.29) is 11.6 Å². The van der Waals surface area contributed by atoms with Gasteiger partial charge >= 0.3 is 5.97 Å². The monoisotopic (exact) mass is 317 g/mol. The normalized spacial score (nSPS) is 12.1. The van der Waals surface area contributed by atoms with E-state index in [4.69, 9.17) is 20.8 Å². The van der Waals surface area contributed by atoms with Crippen LogP contribution in [0.3, 0.4) is 0 Å². The number of aromatic amines is 1. The summed E-state index contributed by atoms with van der Waals surface area (Å²) in [6.07, 6.45) is 0.836. The lowest BCUT2D eigenvalue weighted by Crippen LogP contribution is -2.09. The standard InChI is InChI=1S/C15H12ClN3O3/c1-9(21-15(20)12-7-11(16)8-17-12)13-18-19-14(22-13)10-5-3-2-4-6-10/h2-9,17H,1H3. The molecule has 0 saturated heterocycles. The third-order valence-electron chi connectivity index (χ3n) is 2.96. The van der Waals surface area contributed by atoms with Crippen molar-refractivity contribution in [3.63, 3.8) is 0 Å². The van der Waals surface area contributed by atoms with Crippen LogP contribution in [0.1, 0.15) is 29.4 Å². The first kappa shape index (κ1) is 14.3. The molecule has 22 heavy (non-hydrogen) atoms. The number of hydrogen-bond donors (Lipinski definition) is 1. The maximum absolute atomic E-state index is 11.9. The Balaban J connectivity index is 1.72. The number of nitrogens with one attached hydrogen (secondary N) is 1. The fourth-order valence-electron chi connectivity index (χ4n) is 1.86. The molecule has 0 saturated carbocycles. The van der Waals surface area contributed by atoms with Crippen molar-refractivity contribution in [1.29, 1.82) is 0 Å². The molecule has 0 aliphatic carbocycles. The lowest BCUT2D eigenvalue weighted by atomic mass is 10.2. The van der Waals surface area contributed by atoms with E-state index in [0.717, 1.165) is 5.56 Å². The highest BCUT2D eigenvalue weighted by Gasteiger charge is 2.20. The van der Waals surface area contributed by atoms with Gasteiger partial charge in [0.15, 0.2) is 6.10 Å². The molecule has 1 atom stereocenters. The van der Waals surface area contributed by atoms with Gasteiger partial charge in [-0.1, -0.05) is 29.8 Å². The lowest BCUT2D eigenvalue weighted by molar-refractivity contribution is 0.0274. The molecule has 0 amide bonds. The molecule has 1 aromatic carbocycles. The number of carbonyl (C=O) groups is 1. The summed E-state index contributed by atoms with van der Waals surface area (Å²) in [6, 6.07) is 10.8. The quantitative estimate of drug-likeness (QED) is 0.743. The molecule has 0 aliphatic heterocycles. The topological polar surface area (TPSA) is 81.0 Å². The summed E-state index contributed by atoms with van der Waals surface area (Å²) < 4.78 is 10.8. The van der Waals surface area contributed by atoms with Crippen molar-refractivity contribution in [2.75, 3.05) is 0 Å². The van der Waals surface area contributed by atoms with E-state index in [2.05, 4.69) is 15.2 Å². The SMILES string of the molecule is CC(OC(=O)c1cc(Cl)c[nH]1)c1nnc(-c2ccccc2)o1. The number of carbonyl (C=O) groups excluding carboxylic acids is 1. The van der Waals surface area contributed by atoms with E-state index >= 15 is 0 Å². The molecule has 3 rings (SSSR count). The van der Waals surface area contributed by atoms with E-state index < -0.39 is 12.1 Å². The van der Waals surface area contributed by atoms with Crippen molar-refractivity contribution in [2.45, 2.75) is 13.0 Å². The first-order valence-electron chi connectivity index (χ1n) is 6.57. The highest BCUT2D eigenvalue weighted by molar-refractivity contribution is 6.30. The van der Waals surface area contributed by atoms with Crippen LogP contribution in [0.4, 0.5) is 0 Å². The average Bonchev–Trinajstić information content (AvgIpc) is 3.17. The lowest BCUT2D eigenvalue weighted by Gasteiger charge is -2.07. The minimum absolute atomic E-state index is 0.227. The van der Waals surface area contributed by atoms with E-state index in [0.29, 0.717) is 10.9 Å². The molecule has 0 radical (unpaired) electrons. The number of aromatic nitrogens is 3. The zero-order chi connectivity index (χ0) is 15.5. The van der Waals surface area contributed by atoms with Crippen LogP contribution in [-0.2, 0) is 4.74 Å². The molecular formula is C15H12ClN3O3. The number of nitrogens with zero attached hydrogens (tertiary/aromatic N) is 2. The first-order chi connectivity index (χ1) is 10.6. The van der Waals surface area contributed by atoms with Crippen molar-refractivity contribution in [3.8, 4) is 11.5 Å². The molecule has 3 aromatic rings. The Morgan fingerprint density at radius 3 is 2.77 bits per heavy atom. The Morgan fingerprint density at radius 1 is 1.32 bits per heavy atom. The molecule has 1 unspecified atom stereocenters. The van der Waals surface area contributed by atoms with Crippen LogP contribution in [0.25, 0.3) is 11.5 Å². The van der Waals surface area contributed by atoms with Gasteiger partial charge in [0, 0.05) is 11.8 Å². The van der Waals surface area contributed by atoms with Crippen molar-refractivity contribution in [2.24, 2.45) is 0 Å². The molecule has 2 heterocycles. The number of esters is 1. The number of ether oxygens (including phenoxy) is 1. The molecule has 7 heteroatoms. The third-order valence-corrected chi connectivity index (χ3v) is 3.18. The smallest absolute Gasteiger partial charge is 0.355 e. The second kappa shape index (κ2) is 6.03. The fraction of sp³-hybridized carbons (Fsp3) is 0.133. The van der Waals surface area contributed by atoms with Gasteiger partial charge in [0.05, 0.1) is 5.02 Å². The second-order valence-corrected chi connectivity index (χ2v) is 5.03. The van der Waals surface area contributed by atoms with E-state index in [1.807, 2.05) is 30.3 Å². The van der Waals surface area contributed by atoms with Gasteiger partial charge in [0.2, 0.25) is 5.89 Å². The fourth-order valence-corrected chi connectivity index (χ4v) is 2.02. The summed E-state index contributed by atoms with van der Waals surface area (Å²) in [5.41, 5.74) is 1.07. The van der Waals surface area contributed by atoms with Gasteiger partial charge in [0.1, 0.15) is 5.69 Å². The van der Waals surface area contributed by atoms with E-state index in [1.54, 1.807) is 6.92 Å². The Labute approximate surface area is 131 Å². The minimum atomic E-state index is -0.667. The average molecular weight is 318 g/mol. The van der Waals surface area contributed by atoms with Crippen LogP contribution in [0.5, 0.6) is 0 Å². The largest absolute Gasteiger partial charge is 0.448 e. The summed E-state index contributed by atoms with van der Waals surface area (Å²) in [6.45, 7) is 1.66. The van der Waals surface area contributed by atoms with Crippen LogP contribution in [0.2, 0.25) is 5.02 Å². The van der Waals surface area contributed by atoms with E-state index in [9.17, 15) is 4.79 Å². The Hall–Kier alpha value is -2.60. The highest BCUT2D eigenvalue weighted by Crippen LogP contribution is 2.23. The van der Waals surface area contributed by atoms with E-state index in [1.165, 1.54) is 12.3 Å². The van der Waals surface area contributed by atoms with Crippen LogP contribution in [0, 0.1) is 0 Å². The molecule has 0 bridgehead atoms. The van der Waals surface area contributed by atoms with Gasteiger partial charge in [-0.2, -0.15) is 0 Å². The molecule has 0 spiro atoms. The Kier molecular flexibility index (Phi) is 3.93. The summed E-state index contributed by atoms with van der Waals surface area (Å²) in [7, 11) is 0. The van der Waals surface area contributed by atoms with Crippen molar-refractivity contribution in [3.05, 3.63) is 59.2 Å². The first-order valence-corrected chi connectivity index (χ1v) is 6.95. The van der Waals surface area contributed by atoms with Gasteiger partial charge < -0.3 is 14.1 Å². The maximum Gasteiger partial charge on any atom is 0.355 e. The number of benzene rings is 1. The van der Waals surface area contributed by atoms with Crippen molar-refractivity contribution in [1.82, 2.24) is 15.2 Å². The van der Waals surface area contributed by atoms with Gasteiger partial charge in [-0.15, -0.1) is 10.2 Å². The Bertz CT molecular complexity index is 782. The molecule has 0 aliphatic rings. The molecule has 0 fully saturated rings. The molecular weight excluding hydrogens is 306 g/mol. The summed E-state index contributed by atoms with van der Waals surface area (Å²) in [4.78, 5) is 14.6. The Morgan fingerprint density at radius 2 is 2.09 bits per heavy atom. The molecule has 2 aromatic heterocycles. The zero-order valence-corrected chi connectivity index (χ0v) is 12.4. The predicted octanol–water partition coefficient (Wildman–Crippen LogP) is 3.64. The van der Waals surface area contributed by atoms with Crippen LogP contribution in [0.15, 0.2) is 47.0 Å². The van der Waals surface area contributed by atoms with Gasteiger partial charge in [-0.25, -0.2) is 4.79 Å². The van der Waals surface area contributed by atoms with Crippen molar-refractivity contribution >= 4 is 17.6 Å². The van der Waals surface area contributed by atoms with Crippen LogP contribution in [-0.4, -0.2) is 21.2 Å². The number of rotatable bonds is 4. The van der Waals surface area contributed by atoms with Gasteiger partial charge in [-0.05, 0) is 25.1 Å². The highest BCUT2D eigenvalue weighted by atomic mass is 35.5. The number of H-pyrrole nitrogens is 1. The predicted molar refractivity (Wildman–Crippen MR) is 79.4 cm³/mol. The minimum Gasteiger partial charge on any atom is -0.448 e. The van der Waals surface area contributed by atoms with Gasteiger partial charge in [0.25, 0.3) is 5.89 Å². The molecule has 6 nitrogen and oxygen atoms in total.